The van der Waals surface area contributed by atoms with Crippen molar-refractivity contribution in [3.05, 3.63) is 65.5 Å². The fourth-order valence-corrected chi connectivity index (χ4v) is 1.91. The third-order valence-corrected chi connectivity index (χ3v) is 3.22. The quantitative estimate of drug-likeness (QED) is 0.531. The lowest BCUT2D eigenvalue weighted by atomic mass is 10.1. The van der Waals surface area contributed by atoms with Crippen LogP contribution in [0.15, 0.2) is 58.8 Å². The first-order valence-electron chi connectivity index (χ1n) is 7.02. The molecule has 1 aromatic heterocycles. The Labute approximate surface area is 125 Å². The van der Waals surface area contributed by atoms with E-state index in [9.17, 15) is 0 Å². The number of nitrogens with one attached hydrogen (secondary N) is 1. The molecule has 0 aliphatic rings. The normalized spacial score (nSPS) is 12.3. The number of aryl methyl sites for hydroxylation is 1. The van der Waals surface area contributed by atoms with E-state index in [1.54, 1.807) is 13.2 Å². The molecule has 108 valence electrons. The molecule has 0 atom stereocenters. The molecule has 4 nitrogen and oxygen atoms in total. The Morgan fingerprint density at radius 3 is 2.48 bits per heavy atom. The van der Waals surface area contributed by atoms with E-state index in [1.165, 1.54) is 5.56 Å². The number of rotatable bonds is 4. The maximum absolute atomic E-state index is 4.36. The average Bonchev–Trinajstić information content (AvgIpc) is 2.56. The van der Waals surface area contributed by atoms with Crippen LogP contribution in [0.4, 0.5) is 0 Å². The van der Waals surface area contributed by atoms with Gasteiger partial charge in [-0.3, -0.25) is 15.4 Å². The van der Waals surface area contributed by atoms with Gasteiger partial charge in [0.25, 0.3) is 0 Å². The molecular formula is C17H20N4. The maximum Gasteiger partial charge on any atom is 0.148 e. The lowest BCUT2D eigenvalue weighted by Gasteiger charge is -2.07. The van der Waals surface area contributed by atoms with Gasteiger partial charge in [-0.2, -0.15) is 5.10 Å². The zero-order valence-electron chi connectivity index (χ0n) is 12.7. The van der Waals surface area contributed by atoms with Gasteiger partial charge in [-0.25, -0.2) is 0 Å². The molecule has 1 heterocycles. The predicted octanol–water partition coefficient (Wildman–Crippen LogP) is 3.03. The second-order valence-electron chi connectivity index (χ2n) is 4.65. The molecule has 21 heavy (non-hydrogen) atoms. The van der Waals surface area contributed by atoms with E-state index < -0.39 is 0 Å². The number of benzene rings is 1. The van der Waals surface area contributed by atoms with Gasteiger partial charge in [-0.1, -0.05) is 37.3 Å². The van der Waals surface area contributed by atoms with Gasteiger partial charge in [-0.05, 0) is 31.0 Å². The van der Waals surface area contributed by atoms with Crippen LogP contribution < -0.4 is 5.43 Å². The monoisotopic (exact) mass is 280 g/mol. The molecular weight excluding hydrogens is 260 g/mol. The third kappa shape index (κ3) is 3.99. The molecule has 0 bridgehead atoms. The second-order valence-corrected chi connectivity index (χ2v) is 4.65. The summed E-state index contributed by atoms with van der Waals surface area (Å²) in [7, 11) is 1.75. The minimum atomic E-state index is 0.743. The fraction of sp³-hybridized carbons (Fsp3) is 0.235. The van der Waals surface area contributed by atoms with Crippen molar-refractivity contribution < 1.29 is 0 Å². The van der Waals surface area contributed by atoms with Gasteiger partial charge in [0, 0.05) is 18.8 Å². The Balaban J connectivity index is 2.12. The van der Waals surface area contributed by atoms with E-state index >= 15 is 0 Å². The first kappa shape index (κ1) is 14.9. The molecule has 0 aliphatic heterocycles. The number of hydrogen-bond donors (Lipinski definition) is 1. The minimum absolute atomic E-state index is 0.743. The lowest BCUT2D eigenvalue weighted by Crippen LogP contribution is -2.20. The van der Waals surface area contributed by atoms with Gasteiger partial charge in [-0.15, -0.1) is 0 Å². The zero-order chi connectivity index (χ0) is 15.1. The lowest BCUT2D eigenvalue weighted by molar-refractivity contribution is 1.01. The number of hydrogen-bond acceptors (Lipinski definition) is 3. The molecule has 0 amide bonds. The van der Waals surface area contributed by atoms with Gasteiger partial charge < -0.3 is 0 Å². The summed E-state index contributed by atoms with van der Waals surface area (Å²) in [5.74, 6) is 0.743. The van der Waals surface area contributed by atoms with Crippen LogP contribution in [0.1, 0.15) is 30.7 Å². The summed E-state index contributed by atoms with van der Waals surface area (Å²) in [5.41, 5.74) is 7.02. The Morgan fingerprint density at radius 1 is 1.14 bits per heavy atom. The first-order valence-corrected chi connectivity index (χ1v) is 7.02. The van der Waals surface area contributed by atoms with E-state index in [2.05, 4.69) is 51.7 Å². The van der Waals surface area contributed by atoms with Crippen molar-refractivity contribution in [2.24, 2.45) is 10.1 Å². The molecule has 0 radical (unpaired) electrons. The van der Waals surface area contributed by atoms with Crippen molar-refractivity contribution in [2.75, 3.05) is 7.05 Å². The van der Waals surface area contributed by atoms with Crippen LogP contribution in [-0.4, -0.2) is 23.6 Å². The van der Waals surface area contributed by atoms with Crippen molar-refractivity contribution in [3.8, 4) is 0 Å². The molecule has 4 heteroatoms. The van der Waals surface area contributed by atoms with Gasteiger partial charge >= 0.3 is 0 Å². The standard InChI is InChI=1S/C17H20N4/c1-4-14-8-10-15(11-9-14)17(18-3)21-20-13(2)16-7-5-6-12-19-16/h5-12H,4H2,1-3H3,(H,18,21)/b20-13+. The Kier molecular flexibility index (Phi) is 5.21. The number of aliphatic imine (C=N–C) groups is 1. The van der Waals surface area contributed by atoms with Crippen LogP contribution >= 0.6 is 0 Å². The predicted molar refractivity (Wildman–Crippen MR) is 87.9 cm³/mol. The van der Waals surface area contributed by atoms with Crippen molar-refractivity contribution in [1.29, 1.82) is 0 Å². The summed E-state index contributed by atoms with van der Waals surface area (Å²) in [6, 6.07) is 14.1. The van der Waals surface area contributed by atoms with Gasteiger partial charge in [0.1, 0.15) is 5.84 Å². The topological polar surface area (TPSA) is 49.6 Å². The highest BCUT2D eigenvalue weighted by atomic mass is 15.3. The molecule has 0 saturated heterocycles. The maximum atomic E-state index is 4.36. The van der Waals surface area contributed by atoms with E-state index in [1.807, 2.05) is 25.1 Å². The van der Waals surface area contributed by atoms with Crippen molar-refractivity contribution >= 4 is 11.5 Å². The Morgan fingerprint density at radius 2 is 1.90 bits per heavy atom. The number of nitrogens with zero attached hydrogens (tertiary/aromatic N) is 3. The molecule has 0 unspecified atom stereocenters. The van der Waals surface area contributed by atoms with E-state index in [4.69, 9.17) is 0 Å². The smallest absolute Gasteiger partial charge is 0.148 e. The first-order chi connectivity index (χ1) is 10.2. The number of amidine groups is 1. The second kappa shape index (κ2) is 7.33. The summed E-state index contributed by atoms with van der Waals surface area (Å²) in [4.78, 5) is 8.52. The van der Waals surface area contributed by atoms with E-state index in [0.717, 1.165) is 29.2 Å². The number of aromatic nitrogens is 1. The van der Waals surface area contributed by atoms with Crippen LogP contribution in [0.2, 0.25) is 0 Å². The SMILES string of the molecule is CCc1ccc(C(=NC)N/N=C(\C)c2ccccn2)cc1. The summed E-state index contributed by atoms with van der Waals surface area (Å²) < 4.78 is 0. The van der Waals surface area contributed by atoms with Crippen LogP contribution in [0.5, 0.6) is 0 Å². The highest BCUT2D eigenvalue weighted by molar-refractivity contribution is 6.01. The van der Waals surface area contributed by atoms with Crippen molar-refractivity contribution in [3.63, 3.8) is 0 Å². The van der Waals surface area contributed by atoms with Crippen molar-refractivity contribution in [1.82, 2.24) is 10.4 Å². The van der Waals surface area contributed by atoms with Gasteiger partial charge in [0.2, 0.25) is 0 Å². The summed E-state index contributed by atoms with van der Waals surface area (Å²) >= 11 is 0. The molecule has 1 N–H and O–H groups in total. The van der Waals surface area contributed by atoms with E-state index in [0.29, 0.717) is 0 Å². The molecule has 2 aromatic rings. The molecule has 0 fully saturated rings. The van der Waals surface area contributed by atoms with Crippen LogP contribution in [0.25, 0.3) is 0 Å². The highest BCUT2D eigenvalue weighted by Crippen LogP contribution is 2.06. The molecule has 0 aliphatic carbocycles. The highest BCUT2D eigenvalue weighted by Gasteiger charge is 2.03. The summed E-state index contributed by atoms with van der Waals surface area (Å²) in [6.45, 7) is 4.06. The largest absolute Gasteiger partial charge is 0.270 e. The Bertz CT molecular complexity index is 628. The van der Waals surface area contributed by atoms with Gasteiger partial charge in [0.15, 0.2) is 0 Å². The summed E-state index contributed by atoms with van der Waals surface area (Å²) in [5, 5.41) is 4.36. The fourth-order valence-electron chi connectivity index (χ4n) is 1.91. The molecule has 2 rings (SSSR count). The van der Waals surface area contributed by atoms with Crippen molar-refractivity contribution in [2.45, 2.75) is 20.3 Å². The van der Waals surface area contributed by atoms with Crippen LogP contribution in [0.3, 0.4) is 0 Å². The van der Waals surface area contributed by atoms with E-state index in [-0.39, 0.29) is 0 Å². The average molecular weight is 280 g/mol. The summed E-state index contributed by atoms with van der Waals surface area (Å²) in [6.07, 6.45) is 2.79. The van der Waals surface area contributed by atoms with Crippen LogP contribution in [-0.2, 0) is 6.42 Å². The Hall–Kier alpha value is -2.49. The third-order valence-electron chi connectivity index (χ3n) is 3.22. The zero-order valence-corrected chi connectivity index (χ0v) is 12.7. The number of pyridine rings is 1. The molecule has 1 aromatic carbocycles. The number of hydrazone groups is 1. The van der Waals surface area contributed by atoms with Gasteiger partial charge in [0.05, 0.1) is 11.4 Å². The molecule has 0 saturated carbocycles. The minimum Gasteiger partial charge on any atom is -0.270 e. The van der Waals surface area contributed by atoms with Crippen LogP contribution in [0, 0.1) is 0 Å². The molecule has 0 spiro atoms.